The fraction of sp³-hybridized carbons (Fsp3) is 0.259. The molecule has 5 atom stereocenters. The summed E-state index contributed by atoms with van der Waals surface area (Å²) in [5.41, 5.74) is 2.14. The topological polar surface area (TPSA) is 117 Å². The number of thioether (sulfide) groups is 1. The summed E-state index contributed by atoms with van der Waals surface area (Å²) in [6.45, 7) is 0. The van der Waals surface area contributed by atoms with E-state index in [1.54, 1.807) is 65.6 Å². The lowest BCUT2D eigenvalue weighted by Crippen LogP contribution is -2.61. The number of non-ortho nitro benzene ring substituents is 1. The van der Waals surface area contributed by atoms with Gasteiger partial charge in [-0.3, -0.25) is 24.6 Å². The molecule has 4 bridgehead atoms. The second-order valence-electron chi connectivity index (χ2n) is 9.32. The van der Waals surface area contributed by atoms with Gasteiger partial charge in [-0.15, -0.1) is 0 Å². The Hall–Kier alpha value is -3.61. The van der Waals surface area contributed by atoms with E-state index in [4.69, 9.17) is 18.9 Å². The molecule has 2 saturated heterocycles. The van der Waals surface area contributed by atoms with Crippen molar-refractivity contribution in [1.29, 1.82) is 0 Å². The van der Waals surface area contributed by atoms with Crippen molar-refractivity contribution < 1.29 is 33.5 Å². The SMILES string of the molecule is COC12OC(C(=O)c3ccccc31)C1(S2)C2OC(OC)(c3ccccc3C2=O)N1c1ccc([N+](=O)[O-])cc1. The van der Waals surface area contributed by atoms with E-state index < -0.39 is 33.0 Å². The number of hydrogen-bond acceptors (Lipinski definition) is 10. The van der Waals surface area contributed by atoms with E-state index in [1.165, 1.54) is 26.4 Å². The number of nitro benzene ring substituents is 1. The van der Waals surface area contributed by atoms with Crippen molar-refractivity contribution in [2.45, 2.75) is 28.1 Å². The van der Waals surface area contributed by atoms with E-state index in [0.717, 1.165) is 11.8 Å². The molecule has 0 amide bonds. The minimum Gasteiger partial charge on any atom is -0.341 e. The van der Waals surface area contributed by atoms with Crippen LogP contribution in [0.3, 0.4) is 0 Å². The number of Topliss-reactive ketones (excluding diaryl/α,β-unsaturated/α-hetero) is 2. The van der Waals surface area contributed by atoms with Crippen molar-refractivity contribution in [1.82, 2.24) is 0 Å². The third kappa shape index (κ3) is 2.62. The number of ketones is 2. The van der Waals surface area contributed by atoms with Crippen LogP contribution in [-0.2, 0) is 30.0 Å². The number of nitrogens with zero attached hydrogens (tertiary/aromatic N) is 2. The summed E-state index contributed by atoms with van der Waals surface area (Å²) in [6.07, 6.45) is -2.39. The lowest BCUT2D eigenvalue weighted by Gasteiger charge is -2.43. The molecule has 3 aromatic carbocycles. The summed E-state index contributed by atoms with van der Waals surface area (Å²) in [5.74, 6) is -2.30. The second-order valence-corrected chi connectivity index (χ2v) is 10.7. The highest BCUT2D eigenvalue weighted by atomic mass is 32.2. The van der Waals surface area contributed by atoms with E-state index in [2.05, 4.69) is 0 Å². The molecule has 11 heteroatoms. The molecule has 4 aliphatic heterocycles. The molecule has 2 fully saturated rings. The summed E-state index contributed by atoms with van der Waals surface area (Å²) in [5, 5.41) is 9.98. The van der Waals surface area contributed by atoms with Crippen molar-refractivity contribution in [2.75, 3.05) is 19.1 Å². The van der Waals surface area contributed by atoms with Gasteiger partial charge in [-0.25, -0.2) is 0 Å². The summed E-state index contributed by atoms with van der Waals surface area (Å²) in [4.78, 5) is 39.3. The monoisotopic (exact) mass is 532 g/mol. The molecule has 5 unspecified atom stereocenters. The van der Waals surface area contributed by atoms with Gasteiger partial charge < -0.3 is 18.9 Å². The third-order valence-corrected chi connectivity index (χ3v) is 9.33. The van der Waals surface area contributed by atoms with Crippen molar-refractivity contribution in [2.24, 2.45) is 0 Å². The molecule has 0 aliphatic carbocycles. The number of ether oxygens (including phenoxy) is 4. The van der Waals surface area contributed by atoms with Gasteiger partial charge in [0, 0.05) is 54.3 Å². The molecule has 1 spiro atoms. The fourth-order valence-corrected chi connectivity index (χ4v) is 7.87. The Morgan fingerprint density at radius 2 is 1.42 bits per heavy atom. The van der Waals surface area contributed by atoms with Crippen LogP contribution in [0, 0.1) is 10.1 Å². The number of carbonyl (C=O) groups excluding carboxylic acids is 2. The van der Waals surface area contributed by atoms with Gasteiger partial charge in [0.25, 0.3) is 11.6 Å². The Morgan fingerprint density at radius 1 is 0.842 bits per heavy atom. The van der Waals surface area contributed by atoms with Crippen LogP contribution in [0.5, 0.6) is 0 Å². The molecule has 192 valence electrons. The summed E-state index contributed by atoms with van der Waals surface area (Å²) >= 11 is 1.16. The molecule has 0 N–H and O–H groups in total. The van der Waals surface area contributed by atoms with Gasteiger partial charge in [0.1, 0.15) is 0 Å². The fourth-order valence-electron chi connectivity index (χ4n) is 6.08. The van der Waals surface area contributed by atoms with Gasteiger partial charge in [0.2, 0.25) is 5.12 Å². The maximum absolute atomic E-state index is 14.1. The van der Waals surface area contributed by atoms with Gasteiger partial charge in [-0.2, -0.15) is 0 Å². The Kier molecular flexibility index (Phi) is 4.77. The first kappa shape index (κ1) is 23.5. The Labute approximate surface area is 220 Å². The predicted octanol–water partition coefficient (Wildman–Crippen LogP) is 3.93. The minimum absolute atomic E-state index is 0.111. The maximum Gasteiger partial charge on any atom is 0.282 e. The molecule has 0 radical (unpaired) electrons. The Morgan fingerprint density at radius 3 is 2.03 bits per heavy atom. The first-order chi connectivity index (χ1) is 18.3. The predicted molar refractivity (Wildman–Crippen MR) is 135 cm³/mol. The number of methoxy groups -OCH3 is 2. The van der Waals surface area contributed by atoms with Crippen LogP contribution in [0.1, 0.15) is 31.8 Å². The smallest absolute Gasteiger partial charge is 0.282 e. The zero-order valence-electron chi connectivity index (χ0n) is 20.2. The van der Waals surface area contributed by atoms with Crippen molar-refractivity contribution in [3.05, 3.63) is 105 Å². The minimum atomic E-state index is -1.64. The molecule has 0 aromatic heterocycles. The number of rotatable bonds is 4. The molecule has 4 heterocycles. The zero-order valence-corrected chi connectivity index (χ0v) is 21.0. The first-order valence-corrected chi connectivity index (χ1v) is 12.6. The molecule has 38 heavy (non-hydrogen) atoms. The van der Waals surface area contributed by atoms with Crippen molar-refractivity contribution in [3.8, 4) is 0 Å². The van der Waals surface area contributed by atoms with Gasteiger partial charge in [0.15, 0.2) is 28.6 Å². The van der Waals surface area contributed by atoms with Gasteiger partial charge >= 0.3 is 0 Å². The molecule has 7 rings (SSSR count). The molecular weight excluding hydrogens is 512 g/mol. The number of fused-ring (bicyclic) bond motifs is 10. The van der Waals surface area contributed by atoms with Crippen LogP contribution in [0.2, 0.25) is 0 Å². The zero-order chi connectivity index (χ0) is 26.4. The van der Waals surface area contributed by atoms with Gasteiger partial charge in [-0.1, -0.05) is 60.3 Å². The number of hydrogen-bond donors (Lipinski definition) is 0. The normalized spacial score (nSPS) is 32.4. The van der Waals surface area contributed by atoms with E-state index in [9.17, 15) is 19.7 Å². The average molecular weight is 533 g/mol. The highest BCUT2D eigenvalue weighted by Gasteiger charge is 2.80. The molecule has 4 aliphatic rings. The maximum atomic E-state index is 14.1. The summed E-state index contributed by atoms with van der Waals surface area (Å²) < 4.78 is 25.0. The van der Waals surface area contributed by atoms with Crippen LogP contribution in [0.25, 0.3) is 0 Å². The summed E-state index contributed by atoms with van der Waals surface area (Å²) in [7, 11) is 2.94. The van der Waals surface area contributed by atoms with Crippen LogP contribution >= 0.6 is 11.8 Å². The number of anilines is 1. The molecule has 0 saturated carbocycles. The van der Waals surface area contributed by atoms with E-state index in [-0.39, 0.29) is 17.3 Å². The third-order valence-electron chi connectivity index (χ3n) is 7.64. The lowest BCUT2D eigenvalue weighted by molar-refractivity contribution is -0.384. The van der Waals surface area contributed by atoms with E-state index >= 15 is 0 Å². The van der Waals surface area contributed by atoms with Gasteiger partial charge in [0.05, 0.1) is 4.92 Å². The van der Waals surface area contributed by atoms with Crippen LogP contribution < -0.4 is 4.90 Å². The average Bonchev–Trinajstić information content (AvgIpc) is 3.41. The van der Waals surface area contributed by atoms with E-state index in [1.807, 2.05) is 0 Å². The number of nitro groups is 1. The molecular formula is C27H20N2O8S. The standard InChI is InChI=1S/C27H20N2O8S/c1-34-26-19-9-5-3-7-17(19)21(30)23(36-26)25(28(26)15-11-13-16(14-12-15)29(32)33)24-22(31)18-8-4-6-10-20(18)27(35-2,37-24)38-25/h3-14,23-24H,1-2H3. The molecule has 3 aromatic rings. The quantitative estimate of drug-likeness (QED) is 0.361. The second kappa shape index (κ2) is 7.71. The van der Waals surface area contributed by atoms with Crippen LogP contribution in [0.4, 0.5) is 11.4 Å². The first-order valence-electron chi connectivity index (χ1n) is 11.8. The van der Waals surface area contributed by atoms with Crippen molar-refractivity contribution in [3.63, 3.8) is 0 Å². The van der Waals surface area contributed by atoms with Crippen LogP contribution in [-0.4, -0.2) is 47.8 Å². The van der Waals surface area contributed by atoms with Crippen molar-refractivity contribution >= 4 is 34.7 Å². The Balaban J connectivity index is 1.54. The van der Waals surface area contributed by atoms with Crippen LogP contribution in [0.15, 0.2) is 72.8 Å². The van der Waals surface area contributed by atoms with E-state index in [0.29, 0.717) is 27.9 Å². The Bertz CT molecular complexity index is 1530. The number of carbonyl (C=O) groups is 2. The largest absolute Gasteiger partial charge is 0.341 e. The summed E-state index contributed by atoms with van der Waals surface area (Å²) in [6, 6.07) is 19.8. The lowest BCUT2D eigenvalue weighted by atomic mass is 9.88. The highest BCUT2D eigenvalue weighted by molar-refractivity contribution is 8.01. The highest BCUT2D eigenvalue weighted by Crippen LogP contribution is 2.69. The van der Waals surface area contributed by atoms with Gasteiger partial charge in [-0.05, 0) is 12.1 Å². The number of benzene rings is 3. The molecule has 10 nitrogen and oxygen atoms in total.